The van der Waals surface area contributed by atoms with E-state index in [1.54, 1.807) is 6.07 Å². The zero-order valence-corrected chi connectivity index (χ0v) is 8.97. The largest absolute Gasteiger partial charge is 0.494 e. The van der Waals surface area contributed by atoms with Crippen molar-refractivity contribution in [2.24, 2.45) is 0 Å². The Morgan fingerprint density at radius 3 is 2.85 bits per heavy atom. The van der Waals surface area contributed by atoms with Crippen LogP contribution < -0.4 is 4.74 Å². The molecule has 1 aromatic carbocycles. The molecule has 0 fully saturated rings. The predicted molar refractivity (Wildman–Crippen MR) is 55.0 cm³/mol. The topological polar surface area (TPSA) is 33.0 Å². The third kappa shape index (κ3) is 2.22. The molecule has 0 N–H and O–H groups in total. The Morgan fingerprint density at radius 2 is 2.31 bits per heavy atom. The lowest BCUT2D eigenvalue weighted by atomic mass is 10.1. The lowest BCUT2D eigenvalue weighted by molar-refractivity contribution is 0.337. The van der Waals surface area contributed by atoms with Crippen molar-refractivity contribution in [3.63, 3.8) is 0 Å². The van der Waals surface area contributed by atoms with Crippen LogP contribution in [0.3, 0.4) is 0 Å². The van der Waals surface area contributed by atoms with Gasteiger partial charge in [0.15, 0.2) is 0 Å². The highest BCUT2D eigenvalue weighted by molar-refractivity contribution is 9.08. The second-order valence-corrected chi connectivity index (χ2v) is 3.02. The van der Waals surface area contributed by atoms with Gasteiger partial charge < -0.3 is 4.74 Å². The first kappa shape index (κ1) is 10.1. The molecular formula is C10H10BrNO. The van der Waals surface area contributed by atoms with Crippen LogP contribution in [0.4, 0.5) is 0 Å². The van der Waals surface area contributed by atoms with E-state index in [1.807, 2.05) is 19.1 Å². The molecule has 0 heterocycles. The average Bonchev–Trinajstić information content (AvgIpc) is 2.18. The van der Waals surface area contributed by atoms with E-state index in [4.69, 9.17) is 10.00 Å². The number of halogens is 1. The summed E-state index contributed by atoms with van der Waals surface area (Å²) in [5.41, 5.74) is 1.59. The lowest BCUT2D eigenvalue weighted by Crippen LogP contribution is -1.97. The number of nitriles is 1. The first-order valence-electron chi connectivity index (χ1n) is 4.04. The van der Waals surface area contributed by atoms with Crippen molar-refractivity contribution < 1.29 is 4.74 Å². The van der Waals surface area contributed by atoms with E-state index in [2.05, 4.69) is 22.0 Å². The highest BCUT2D eigenvalue weighted by atomic mass is 79.9. The van der Waals surface area contributed by atoms with Crippen LogP contribution >= 0.6 is 15.9 Å². The predicted octanol–water partition coefficient (Wildman–Crippen LogP) is 2.85. The smallest absolute Gasteiger partial charge is 0.124 e. The fourth-order valence-corrected chi connectivity index (χ4v) is 1.68. The first-order valence-corrected chi connectivity index (χ1v) is 5.16. The van der Waals surface area contributed by atoms with Gasteiger partial charge in [-0.1, -0.05) is 22.0 Å². The van der Waals surface area contributed by atoms with Crippen LogP contribution in [-0.2, 0) is 5.33 Å². The minimum absolute atomic E-state index is 0.620. The van der Waals surface area contributed by atoms with Gasteiger partial charge in [-0.15, -0.1) is 0 Å². The van der Waals surface area contributed by atoms with Gasteiger partial charge in [-0.25, -0.2) is 0 Å². The number of rotatable bonds is 3. The fraction of sp³-hybridized carbons (Fsp3) is 0.300. The summed E-state index contributed by atoms with van der Waals surface area (Å²) in [6, 6.07) is 7.63. The maximum Gasteiger partial charge on any atom is 0.124 e. The lowest BCUT2D eigenvalue weighted by Gasteiger charge is -2.08. The normalized spacial score (nSPS) is 9.31. The fourth-order valence-electron chi connectivity index (χ4n) is 1.10. The summed E-state index contributed by atoms with van der Waals surface area (Å²) < 4.78 is 5.39. The standard InChI is InChI=1S/C10H10BrNO/c1-2-13-10-5-3-4-8(7-12)9(10)6-11/h3-5H,2,6H2,1H3. The van der Waals surface area contributed by atoms with Crippen LogP contribution in [-0.4, -0.2) is 6.61 Å². The van der Waals surface area contributed by atoms with Crippen molar-refractivity contribution >= 4 is 15.9 Å². The summed E-state index contributed by atoms with van der Waals surface area (Å²) in [5.74, 6) is 0.790. The zero-order valence-electron chi connectivity index (χ0n) is 7.38. The number of hydrogen-bond donors (Lipinski definition) is 0. The van der Waals surface area contributed by atoms with E-state index in [-0.39, 0.29) is 0 Å². The summed E-state index contributed by atoms with van der Waals surface area (Å²) in [6.07, 6.45) is 0. The molecule has 0 aromatic heterocycles. The quantitative estimate of drug-likeness (QED) is 0.761. The molecule has 13 heavy (non-hydrogen) atoms. The number of alkyl halides is 1. The van der Waals surface area contributed by atoms with Crippen LogP contribution in [0.2, 0.25) is 0 Å². The third-order valence-corrected chi connectivity index (χ3v) is 2.25. The van der Waals surface area contributed by atoms with Crippen LogP contribution in [0, 0.1) is 11.3 Å². The summed E-state index contributed by atoms with van der Waals surface area (Å²) in [4.78, 5) is 0. The Balaban J connectivity index is 3.13. The minimum Gasteiger partial charge on any atom is -0.494 e. The summed E-state index contributed by atoms with van der Waals surface area (Å²) in [6.45, 7) is 2.55. The van der Waals surface area contributed by atoms with E-state index in [9.17, 15) is 0 Å². The van der Waals surface area contributed by atoms with Gasteiger partial charge in [-0.2, -0.15) is 5.26 Å². The number of hydrogen-bond acceptors (Lipinski definition) is 2. The van der Waals surface area contributed by atoms with Crippen LogP contribution in [0.15, 0.2) is 18.2 Å². The van der Waals surface area contributed by atoms with Crippen molar-refractivity contribution in [1.29, 1.82) is 5.26 Å². The van der Waals surface area contributed by atoms with E-state index >= 15 is 0 Å². The molecule has 0 aliphatic heterocycles. The summed E-state index contributed by atoms with van der Waals surface area (Å²) >= 11 is 3.34. The molecule has 0 aliphatic rings. The zero-order chi connectivity index (χ0) is 9.68. The molecule has 2 nitrogen and oxygen atoms in total. The Kier molecular flexibility index (Phi) is 3.78. The summed E-state index contributed by atoms with van der Waals surface area (Å²) in [5, 5.41) is 9.46. The second kappa shape index (κ2) is 4.88. The number of benzene rings is 1. The molecule has 0 spiro atoms. The molecule has 0 bridgehead atoms. The van der Waals surface area contributed by atoms with Crippen LogP contribution in [0.5, 0.6) is 5.75 Å². The third-order valence-electron chi connectivity index (χ3n) is 1.69. The van der Waals surface area contributed by atoms with Gasteiger partial charge in [0, 0.05) is 10.9 Å². The van der Waals surface area contributed by atoms with E-state index in [0.29, 0.717) is 17.5 Å². The van der Waals surface area contributed by atoms with Gasteiger partial charge in [-0.3, -0.25) is 0 Å². The van der Waals surface area contributed by atoms with Gasteiger partial charge >= 0.3 is 0 Å². The Bertz CT molecular complexity index is 330. The number of ether oxygens (including phenoxy) is 1. The molecule has 68 valence electrons. The van der Waals surface area contributed by atoms with Gasteiger partial charge in [0.1, 0.15) is 5.75 Å². The molecule has 0 unspecified atom stereocenters. The second-order valence-electron chi connectivity index (χ2n) is 2.46. The number of nitrogens with zero attached hydrogens (tertiary/aromatic N) is 1. The molecule has 0 radical (unpaired) electrons. The Morgan fingerprint density at radius 1 is 1.54 bits per heavy atom. The van der Waals surface area contributed by atoms with Crippen molar-refractivity contribution in [3.05, 3.63) is 29.3 Å². The summed E-state index contributed by atoms with van der Waals surface area (Å²) in [7, 11) is 0. The molecule has 0 saturated carbocycles. The molecule has 0 aliphatic carbocycles. The molecule has 1 aromatic rings. The van der Waals surface area contributed by atoms with E-state index in [0.717, 1.165) is 11.3 Å². The highest BCUT2D eigenvalue weighted by Crippen LogP contribution is 2.24. The van der Waals surface area contributed by atoms with Crippen LogP contribution in [0.25, 0.3) is 0 Å². The van der Waals surface area contributed by atoms with Gasteiger partial charge in [0.25, 0.3) is 0 Å². The highest BCUT2D eigenvalue weighted by Gasteiger charge is 2.06. The van der Waals surface area contributed by atoms with E-state index in [1.165, 1.54) is 0 Å². The molecule has 0 atom stereocenters. The van der Waals surface area contributed by atoms with Gasteiger partial charge in [0.2, 0.25) is 0 Å². The van der Waals surface area contributed by atoms with Crippen molar-refractivity contribution in [1.82, 2.24) is 0 Å². The maximum absolute atomic E-state index is 8.82. The van der Waals surface area contributed by atoms with Crippen molar-refractivity contribution in [3.8, 4) is 11.8 Å². The molecular weight excluding hydrogens is 230 g/mol. The molecule has 3 heteroatoms. The maximum atomic E-state index is 8.82. The van der Waals surface area contributed by atoms with E-state index < -0.39 is 0 Å². The van der Waals surface area contributed by atoms with Gasteiger partial charge in [-0.05, 0) is 19.1 Å². The van der Waals surface area contributed by atoms with Crippen molar-refractivity contribution in [2.75, 3.05) is 6.61 Å². The van der Waals surface area contributed by atoms with Gasteiger partial charge in [0.05, 0.1) is 18.2 Å². The Labute approximate surface area is 86.3 Å². The Hall–Kier alpha value is -1.01. The monoisotopic (exact) mass is 239 g/mol. The molecule has 0 saturated heterocycles. The van der Waals surface area contributed by atoms with Crippen molar-refractivity contribution in [2.45, 2.75) is 12.3 Å². The first-order chi connectivity index (χ1) is 6.33. The minimum atomic E-state index is 0.620. The SMILES string of the molecule is CCOc1cccc(C#N)c1CBr. The average molecular weight is 240 g/mol. The molecule has 0 amide bonds. The molecule has 1 rings (SSSR count). The van der Waals surface area contributed by atoms with Crippen LogP contribution in [0.1, 0.15) is 18.1 Å².